The molecule has 1 saturated carbocycles. The lowest BCUT2D eigenvalue weighted by molar-refractivity contribution is -0.151. The van der Waals surface area contributed by atoms with Crippen molar-refractivity contribution in [3.63, 3.8) is 0 Å². The van der Waals surface area contributed by atoms with E-state index in [0.717, 1.165) is 48.9 Å². The maximum atomic E-state index is 13.7. The molecule has 0 aromatic heterocycles. The molecule has 3 aromatic rings. The second-order valence-corrected chi connectivity index (χ2v) is 15.0. The normalized spacial score (nSPS) is 17.7. The summed E-state index contributed by atoms with van der Waals surface area (Å²) >= 11 is 0. The van der Waals surface area contributed by atoms with Gasteiger partial charge in [0.25, 0.3) is 5.91 Å². The van der Waals surface area contributed by atoms with Crippen LogP contribution in [0.15, 0.2) is 60.7 Å². The van der Waals surface area contributed by atoms with E-state index in [4.69, 9.17) is 9.47 Å². The van der Waals surface area contributed by atoms with Gasteiger partial charge in [0.15, 0.2) is 0 Å². The molecule has 2 N–H and O–H groups in total. The molecule has 3 fully saturated rings. The molecule has 3 aliphatic rings. The first-order chi connectivity index (χ1) is 24.1. The average Bonchev–Trinajstić information content (AvgIpc) is 3.91. The van der Waals surface area contributed by atoms with Crippen LogP contribution in [0.5, 0.6) is 0 Å². The highest BCUT2D eigenvalue weighted by molar-refractivity contribution is 5.95. The van der Waals surface area contributed by atoms with Crippen LogP contribution in [0.25, 0.3) is 11.1 Å². The largest absolute Gasteiger partial charge is 0.444 e. The number of halogens is 3. The Hall–Kier alpha value is -4.38. The van der Waals surface area contributed by atoms with Crippen molar-refractivity contribution in [1.82, 2.24) is 15.5 Å². The Morgan fingerprint density at radius 1 is 0.882 bits per heavy atom. The Labute approximate surface area is 297 Å². The number of carbonyl (C=O) groups excluding carboxylic acids is 3. The molecule has 1 aliphatic carbocycles. The smallest absolute Gasteiger partial charge is 0.416 e. The number of benzene rings is 3. The molecule has 0 bridgehead atoms. The first kappa shape index (κ1) is 36.4. The van der Waals surface area contributed by atoms with E-state index >= 15 is 0 Å². The predicted molar refractivity (Wildman–Crippen MR) is 187 cm³/mol. The van der Waals surface area contributed by atoms with Gasteiger partial charge in [0.1, 0.15) is 5.60 Å². The molecule has 0 unspecified atom stereocenters. The van der Waals surface area contributed by atoms with Crippen LogP contribution in [-0.2, 0) is 27.0 Å². The lowest BCUT2D eigenvalue weighted by Gasteiger charge is -2.36. The van der Waals surface area contributed by atoms with Gasteiger partial charge in [-0.15, -0.1) is 0 Å². The fourth-order valence-electron chi connectivity index (χ4n) is 6.74. The molecule has 2 heterocycles. The lowest BCUT2D eigenvalue weighted by atomic mass is 9.86. The first-order valence-corrected chi connectivity index (χ1v) is 17.7. The molecular weight excluding hydrogens is 659 g/mol. The molecule has 11 heteroatoms. The third-order valence-corrected chi connectivity index (χ3v) is 9.88. The Kier molecular flexibility index (Phi) is 10.5. The van der Waals surface area contributed by atoms with Crippen molar-refractivity contribution in [2.45, 2.75) is 89.6 Å². The number of nitrogens with zero attached hydrogens (tertiary/aromatic N) is 1. The van der Waals surface area contributed by atoms with Crippen molar-refractivity contribution in [3.8, 4) is 11.1 Å². The van der Waals surface area contributed by atoms with Gasteiger partial charge in [-0.25, -0.2) is 4.79 Å². The van der Waals surface area contributed by atoms with Gasteiger partial charge >= 0.3 is 12.3 Å². The minimum absolute atomic E-state index is 0.0144. The van der Waals surface area contributed by atoms with Gasteiger partial charge in [0, 0.05) is 25.2 Å². The van der Waals surface area contributed by atoms with Gasteiger partial charge in [-0.2, -0.15) is 13.2 Å². The SMILES string of the molecule is C[C@@H](NC(=O)c1cc(C2CC2)cc(C2CCN(C(=O)C3COC3)CC2)c1)c1ccc(-c2cc(C(F)(F)F)ccc2CNC(=O)OC(C)(C)C)cc1. The van der Waals surface area contributed by atoms with E-state index in [1.54, 1.807) is 45.0 Å². The first-order valence-electron chi connectivity index (χ1n) is 17.7. The Balaban J connectivity index is 1.14. The third kappa shape index (κ3) is 9.11. The number of hydrogen-bond donors (Lipinski definition) is 2. The topological polar surface area (TPSA) is 97.0 Å². The van der Waals surface area contributed by atoms with Crippen molar-refractivity contribution in [1.29, 1.82) is 0 Å². The lowest BCUT2D eigenvalue weighted by Crippen LogP contribution is -2.47. The molecule has 3 aromatic carbocycles. The van der Waals surface area contributed by atoms with Gasteiger partial charge in [0.2, 0.25) is 5.91 Å². The highest BCUT2D eigenvalue weighted by atomic mass is 19.4. The maximum Gasteiger partial charge on any atom is 0.416 e. The molecule has 1 atom stereocenters. The number of hydrogen-bond acceptors (Lipinski definition) is 5. The van der Waals surface area contributed by atoms with Crippen molar-refractivity contribution >= 4 is 17.9 Å². The number of piperidine rings is 1. The summed E-state index contributed by atoms with van der Waals surface area (Å²) in [6.07, 6.45) is -1.30. The summed E-state index contributed by atoms with van der Waals surface area (Å²) in [6.45, 7) is 9.45. The average molecular weight is 706 g/mol. The predicted octanol–water partition coefficient (Wildman–Crippen LogP) is 8.12. The summed E-state index contributed by atoms with van der Waals surface area (Å²) in [6, 6.07) is 16.3. The summed E-state index contributed by atoms with van der Waals surface area (Å²) in [4.78, 5) is 40.6. The number of alkyl halides is 3. The van der Waals surface area contributed by atoms with E-state index in [-0.39, 0.29) is 36.2 Å². The molecule has 0 spiro atoms. The molecule has 272 valence electrons. The van der Waals surface area contributed by atoms with E-state index in [2.05, 4.69) is 16.7 Å². The van der Waals surface area contributed by atoms with Crippen molar-refractivity contribution in [3.05, 3.63) is 94.0 Å². The second kappa shape index (κ2) is 14.7. The zero-order valence-electron chi connectivity index (χ0n) is 29.6. The summed E-state index contributed by atoms with van der Waals surface area (Å²) in [5.41, 5.74) is 3.58. The Bertz CT molecular complexity index is 1750. The van der Waals surface area contributed by atoms with Crippen molar-refractivity contribution in [2.75, 3.05) is 26.3 Å². The molecular formula is C40H46F3N3O5. The van der Waals surface area contributed by atoms with E-state index in [1.165, 1.54) is 11.6 Å². The Morgan fingerprint density at radius 3 is 2.06 bits per heavy atom. The fourth-order valence-corrected chi connectivity index (χ4v) is 6.74. The molecule has 3 amide bonds. The van der Waals surface area contributed by atoms with Crippen LogP contribution < -0.4 is 10.6 Å². The number of carbonyl (C=O) groups is 3. The van der Waals surface area contributed by atoms with Crippen LogP contribution in [0.4, 0.5) is 18.0 Å². The monoisotopic (exact) mass is 705 g/mol. The standard InChI is InChI=1S/C40H46F3N3O5/c1-24(25-5-9-28(10-6-25)35-20-34(40(41,42)43)12-11-29(35)21-44-38(49)51-39(2,3)4)45-36(47)32-18-30(26-7-8-26)17-31(19-32)27-13-15-46(16-14-27)37(48)33-22-50-23-33/h5-6,9-12,17-20,24,26-27,33H,7-8,13-16,21-23H2,1-4H3,(H,44,49)(H,45,47)/t24-/m1/s1. The summed E-state index contributed by atoms with van der Waals surface area (Å²) in [5.74, 6) is 0.698. The van der Waals surface area contributed by atoms with Crippen LogP contribution in [0.2, 0.25) is 0 Å². The number of ether oxygens (including phenoxy) is 2. The van der Waals surface area contributed by atoms with Crippen LogP contribution in [0.1, 0.15) is 109 Å². The molecule has 0 radical (unpaired) electrons. The van der Waals surface area contributed by atoms with E-state index < -0.39 is 23.4 Å². The summed E-state index contributed by atoms with van der Waals surface area (Å²) in [5, 5.41) is 5.75. The minimum Gasteiger partial charge on any atom is -0.444 e. The van der Waals surface area contributed by atoms with Gasteiger partial charge < -0.3 is 25.0 Å². The number of likely N-dealkylation sites (tertiary alicyclic amines) is 1. The quantitative estimate of drug-likeness (QED) is 0.235. The van der Waals surface area contributed by atoms with Crippen molar-refractivity contribution < 1.29 is 37.0 Å². The van der Waals surface area contributed by atoms with E-state index in [9.17, 15) is 27.6 Å². The molecule has 2 aliphatic heterocycles. The molecule has 6 rings (SSSR count). The number of rotatable bonds is 9. The van der Waals surface area contributed by atoms with E-state index in [0.29, 0.717) is 54.5 Å². The summed E-state index contributed by atoms with van der Waals surface area (Å²) in [7, 11) is 0. The summed E-state index contributed by atoms with van der Waals surface area (Å²) < 4.78 is 51.6. The minimum atomic E-state index is -4.54. The second-order valence-electron chi connectivity index (χ2n) is 15.0. The van der Waals surface area contributed by atoms with Crippen LogP contribution in [0, 0.1) is 5.92 Å². The molecule has 8 nitrogen and oxygen atoms in total. The zero-order chi connectivity index (χ0) is 36.5. The van der Waals surface area contributed by atoms with Gasteiger partial charge in [-0.3, -0.25) is 9.59 Å². The van der Waals surface area contributed by atoms with E-state index in [1.807, 2.05) is 24.0 Å². The van der Waals surface area contributed by atoms with Crippen molar-refractivity contribution in [2.24, 2.45) is 5.92 Å². The third-order valence-electron chi connectivity index (χ3n) is 9.88. The Morgan fingerprint density at radius 2 is 1.51 bits per heavy atom. The maximum absolute atomic E-state index is 13.7. The van der Waals surface area contributed by atoms with Gasteiger partial charge in [0.05, 0.1) is 30.7 Å². The van der Waals surface area contributed by atoms with Crippen LogP contribution >= 0.6 is 0 Å². The van der Waals surface area contributed by atoms with Crippen LogP contribution in [0.3, 0.4) is 0 Å². The molecule has 51 heavy (non-hydrogen) atoms. The van der Waals surface area contributed by atoms with Gasteiger partial charge in [-0.1, -0.05) is 36.4 Å². The number of amides is 3. The molecule has 2 saturated heterocycles. The number of alkyl carbamates (subject to hydrolysis) is 1. The van der Waals surface area contributed by atoms with Crippen LogP contribution in [-0.4, -0.2) is 54.7 Å². The number of nitrogens with one attached hydrogen (secondary N) is 2. The fraction of sp³-hybridized carbons (Fsp3) is 0.475. The highest BCUT2D eigenvalue weighted by Gasteiger charge is 2.34. The highest BCUT2D eigenvalue weighted by Crippen LogP contribution is 2.42. The zero-order valence-corrected chi connectivity index (χ0v) is 29.6. The van der Waals surface area contributed by atoms with Gasteiger partial charge in [-0.05, 0) is 123 Å².